The van der Waals surface area contributed by atoms with Crippen LogP contribution in [-0.2, 0) is 0 Å². The Morgan fingerprint density at radius 1 is 1.28 bits per heavy atom. The van der Waals surface area contributed by atoms with Gasteiger partial charge in [0.15, 0.2) is 5.13 Å². The van der Waals surface area contributed by atoms with Gasteiger partial charge in [-0.2, -0.15) is 0 Å². The maximum atomic E-state index is 12.5. The predicted octanol–water partition coefficient (Wildman–Crippen LogP) is 4.96. The van der Waals surface area contributed by atoms with Gasteiger partial charge in [-0.3, -0.25) is 20.2 Å². The van der Waals surface area contributed by atoms with E-state index in [0.29, 0.717) is 10.7 Å². The SMILES string of the molecule is Cc1cc(-c2csc(NC(=O)c3cccc([N+](=O)[O-])c3C)n2)c(C)s1. The molecule has 0 saturated heterocycles. The molecule has 0 unspecified atom stereocenters. The van der Waals surface area contributed by atoms with Crippen LogP contribution in [0.15, 0.2) is 29.6 Å². The third kappa shape index (κ3) is 3.45. The van der Waals surface area contributed by atoms with Crippen LogP contribution in [0.4, 0.5) is 10.8 Å². The minimum Gasteiger partial charge on any atom is -0.298 e. The lowest BCUT2D eigenvalue weighted by Gasteiger charge is -2.05. The number of rotatable bonds is 4. The molecule has 0 bridgehead atoms. The van der Waals surface area contributed by atoms with Crippen molar-refractivity contribution in [3.05, 3.63) is 60.6 Å². The van der Waals surface area contributed by atoms with Crippen LogP contribution in [0.1, 0.15) is 25.7 Å². The molecule has 0 atom stereocenters. The molecule has 3 rings (SSSR count). The molecule has 0 aliphatic carbocycles. The van der Waals surface area contributed by atoms with E-state index in [-0.39, 0.29) is 11.3 Å². The van der Waals surface area contributed by atoms with Gasteiger partial charge in [0.05, 0.1) is 10.6 Å². The standard InChI is InChI=1S/C17H15N3O3S2/c1-9-7-13(11(3)25-9)14-8-24-17(18-14)19-16(21)12-5-4-6-15(10(12)2)20(22)23/h4-8H,1-3H3,(H,18,19,21). The van der Waals surface area contributed by atoms with Crippen LogP contribution in [0.5, 0.6) is 0 Å². The number of hydrogen-bond acceptors (Lipinski definition) is 6. The molecule has 0 aliphatic heterocycles. The summed E-state index contributed by atoms with van der Waals surface area (Å²) in [6.45, 7) is 5.65. The van der Waals surface area contributed by atoms with Gasteiger partial charge in [0.1, 0.15) is 0 Å². The summed E-state index contributed by atoms with van der Waals surface area (Å²) in [6, 6.07) is 6.53. The van der Waals surface area contributed by atoms with Crippen molar-refractivity contribution in [1.29, 1.82) is 0 Å². The van der Waals surface area contributed by atoms with Crippen LogP contribution >= 0.6 is 22.7 Å². The average molecular weight is 373 g/mol. The summed E-state index contributed by atoms with van der Waals surface area (Å²) in [5.41, 5.74) is 2.42. The van der Waals surface area contributed by atoms with Gasteiger partial charge < -0.3 is 0 Å². The minimum absolute atomic E-state index is 0.0724. The molecule has 128 valence electrons. The maximum Gasteiger partial charge on any atom is 0.273 e. The first-order valence-electron chi connectivity index (χ1n) is 7.45. The van der Waals surface area contributed by atoms with E-state index >= 15 is 0 Å². The molecule has 8 heteroatoms. The van der Waals surface area contributed by atoms with E-state index in [0.717, 1.165) is 11.3 Å². The highest BCUT2D eigenvalue weighted by atomic mass is 32.1. The number of aromatic nitrogens is 1. The molecule has 3 aromatic rings. The molecule has 0 radical (unpaired) electrons. The van der Waals surface area contributed by atoms with Crippen LogP contribution in [0.3, 0.4) is 0 Å². The van der Waals surface area contributed by atoms with Crippen LogP contribution in [0.2, 0.25) is 0 Å². The molecule has 1 amide bonds. The Labute approximate surface area is 152 Å². The lowest BCUT2D eigenvalue weighted by molar-refractivity contribution is -0.385. The second-order valence-electron chi connectivity index (χ2n) is 5.53. The van der Waals surface area contributed by atoms with Crippen molar-refractivity contribution in [3.8, 4) is 11.3 Å². The Balaban J connectivity index is 1.84. The Hall–Kier alpha value is -2.58. The largest absolute Gasteiger partial charge is 0.298 e. The van der Waals surface area contributed by atoms with E-state index in [4.69, 9.17) is 0 Å². The van der Waals surface area contributed by atoms with Gasteiger partial charge in [0, 0.05) is 37.9 Å². The second kappa shape index (κ2) is 6.73. The van der Waals surface area contributed by atoms with Gasteiger partial charge >= 0.3 is 0 Å². The molecule has 6 nitrogen and oxygen atoms in total. The fourth-order valence-electron chi connectivity index (χ4n) is 2.57. The van der Waals surface area contributed by atoms with Crippen molar-refractivity contribution in [1.82, 2.24) is 4.98 Å². The minimum atomic E-state index is -0.491. The smallest absolute Gasteiger partial charge is 0.273 e. The molecule has 25 heavy (non-hydrogen) atoms. The molecule has 2 aromatic heterocycles. The van der Waals surface area contributed by atoms with Crippen LogP contribution in [-0.4, -0.2) is 15.8 Å². The Bertz CT molecular complexity index is 975. The quantitative estimate of drug-likeness (QED) is 0.517. The van der Waals surface area contributed by atoms with Crippen LogP contribution < -0.4 is 5.32 Å². The van der Waals surface area contributed by atoms with Crippen molar-refractivity contribution >= 4 is 39.4 Å². The van der Waals surface area contributed by atoms with E-state index in [1.807, 2.05) is 19.2 Å². The summed E-state index contributed by atoms with van der Waals surface area (Å²) in [4.78, 5) is 29.8. The number of nitro groups is 1. The van der Waals surface area contributed by atoms with Crippen LogP contribution in [0.25, 0.3) is 11.3 Å². The van der Waals surface area contributed by atoms with E-state index in [2.05, 4.69) is 16.4 Å². The molecule has 1 N–H and O–H groups in total. The molecule has 0 saturated carbocycles. The zero-order valence-corrected chi connectivity index (χ0v) is 15.5. The van der Waals surface area contributed by atoms with Crippen molar-refractivity contribution in [2.75, 3.05) is 5.32 Å². The Morgan fingerprint density at radius 3 is 2.68 bits per heavy atom. The molecule has 2 heterocycles. The van der Waals surface area contributed by atoms with Crippen molar-refractivity contribution in [2.45, 2.75) is 20.8 Å². The highest BCUT2D eigenvalue weighted by Crippen LogP contribution is 2.32. The van der Waals surface area contributed by atoms with Crippen molar-refractivity contribution in [3.63, 3.8) is 0 Å². The molecular formula is C17H15N3O3S2. The highest BCUT2D eigenvalue weighted by Gasteiger charge is 2.19. The number of aryl methyl sites for hydroxylation is 2. The van der Waals surface area contributed by atoms with Crippen LogP contribution in [0, 0.1) is 30.9 Å². The summed E-state index contributed by atoms with van der Waals surface area (Å²) in [7, 11) is 0. The van der Waals surface area contributed by atoms with E-state index < -0.39 is 10.8 Å². The number of nitrogens with one attached hydrogen (secondary N) is 1. The van der Waals surface area contributed by atoms with E-state index in [1.165, 1.54) is 33.2 Å². The summed E-state index contributed by atoms with van der Waals surface area (Å²) in [6.07, 6.45) is 0. The lowest BCUT2D eigenvalue weighted by Crippen LogP contribution is -2.14. The van der Waals surface area contributed by atoms with Crippen molar-refractivity contribution < 1.29 is 9.72 Å². The predicted molar refractivity (Wildman–Crippen MR) is 101 cm³/mol. The summed E-state index contributed by atoms with van der Waals surface area (Å²) in [5.74, 6) is -0.402. The fourth-order valence-corrected chi connectivity index (χ4v) is 4.21. The van der Waals surface area contributed by atoms with Gasteiger partial charge in [-0.05, 0) is 32.9 Å². The maximum absolute atomic E-state index is 12.5. The number of thiazole rings is 1. The third-order valence-corrected chi connectivity index (χ3v) is 5.51. The van der Waals surface area contributed by atoms with Gasteiger partial charge in [0.2, 0.25) is 0 Å². The molecule has 0 fully saturated rings. The Morgan fingerprint density at radius 2 is 2.04 bits per heavy atom. The number of amides is 1. The van der Waals surface area contributed by atoms with Gasteiger partial charge in [-0.1, -0.05) is 6.07 Å². The number of nitro benzene ring substituents is 1. The van der Waals surface area contributed by atoms with Gasteiger partial charge in [0.25, 0.3) is 11.6 Å². The third-order valence-electron chi connectivity index (χ3n) is 3.79. The van der Waals surface area contributed by atoms with E-state index in [9.17, 15) is 14.9 Å². The monoisotopic (exact) mass is 373 g/mol. The summed E-state index contributed by atoms with van der Waals surface area (Å²) in [5, 5.41) is 16.1. The summed E-state index contributed by atoms with van der Waals surface area (Å²) >= 11 is 3.03. The van der Waals surface area contributed by atoms with Crippen molar-refractivity contribution in [2.24, 2.45) is 0 Å². The molecular weight excluding hydrogens is 358 g/mol. The van der Waals surface area contributed by atoms with Gasteiger partial charge in [-0.15, -0.1) is 22.7 Å². The molecule has 0 aliphatic rings. The number of nitrogens with zero attached hydrogens (tertiary/aromatic N) is 2. The lowest BCUT2D eigenvalue weighted by atomic mass is 10.1. The second-order valence-corrected chi connectivity index (χ2v) is 7.84. The number of carbonyl (C=O) groups excluding carboxylic acids is 1. The highest BCUT2D eigenvalue weighted by molar-refractivity contribution is 7.14. The number of hydrogen-bond donors (Lipinski definition) is 1. The molecule has 0 spiro atoms. The summed E-state index contributed by atoms with van der Waals surface area (Å²) < 4.78 is 0. The van der Waals surface area contributed by atoms with E-state index in [1.54, 1.807) is 24.3 Å². The average Bonchev–Trinajstić information content (AvgIpc) is 3.13. The number of carbonyl (C=O) groups is 1. The first kappa shape index (κ1) is 17.2. The first-order chi connectivity index (χ1) is 11.9. The zero-order valence-electron chi connectivity index (χ0n) is 13.8. The Kier molecular flexibility index (Phi) is 4.65. The fraction of sp³-hybridized carbons (Fsp3) is 0.176. The number of thiophene rings is 1. The normalized spacial score (nSPS) is 10.7. The zero-order chi connectivity index (χ0) is 18.1. The number of anilines is 1. The molecule has 1 aromatic carbocycles. The number of benzene rings is 1. The first-order valence-corrected chi connectivity index (χ1v) is 9.14. The van der Waals surface area contributed by atoms with Gasteiger partial charge in [-0.25, -0.2) is 4.98 Å². The topological polar surface area (TPSA) is 85.1 Å².